The Kier molecular flexibility index (Phi) is 5.95. The summed E-state index contributed by atoms with van der Waals surface area (Å²) < 4.78 is 6.91. The molecule has 8 nitrogen and oxygen atoms in total. The molecule has 0 amide bonds. The van der Waals surface area contributed by atoms with Crippen molar-refractivity contribution in [2.75, 3.05) is 37.0 Å². The number of halogens is 2. The van der Waals surface area contributed by atoms with Crippen LogP contribution in [0.15, 0.2) is 30.6 Å². The molecular weight excluding hydrogens is 463 g/mol. The number of hydrogen-bond acceptors (Lipinski definition) is 7. The fraction of sp³-hybridized carbons (Fsp3) is 0.435. The molecule has 2 aliphatic rings. The highest BCUT2D eigenvalue weighted by Gasteiger charge is 2.28. The number of nitrogens with zero attached hydrogens (tertiary/aromatic N) is 5. The van der Waals surface area contributed by atoms with E-state index < -0.39 is 5.60 Å². The molecule has 1 atom stereocenters. The minimum atomic E-state index is -0.622. The molecule has 2 N–H and O–H groups in total. The van der Waals surface area contributed by atoms with Gasteiger partial charge in [-0.3, -0.25) is 0 Å². The van der Waals surface area contributed by atoms with Crippen molar-refractivity contribution in [1.82, 2.24) is 19.7 Å². The van der Waals surface area contributed by atoms with Crippen LogP contribution in [0.4, 0.5) is 17.3 Å². The average Bonchev–Trinajstić information content (AvgIpc) is 3.10. The van der Waals surface area contributed by atoms with E-state index in [2.05, 4.69) is 31.4 Å². The Morgan fingerprint density at radius 1 is 1.24 bits per heavy atom. The van der Waals surface area contributed by atoms with E-state index in [0.29, 0.717) is 47.2 Å². The Morgan fingerprint density at radius 2 is 2.00 bits per heavy atom. The van der Waals surface area contributed by atoms with Crippen molar-refractivity contribution >= 4 is 57.1 Å². The lowest BCUT2D eigenvalue weighted by Crippen LogP contribution is -2.42. The molecule has 1 saturated heterocycles. The van der Waals surface area contributed by atoms with Gasteiger partial charge in [-0.05, 0) is 38.3 Å². The number of ether oxygens (including phenoxy) is 1. The quantitative estimate of drug-likeness (QED) is 0.517. The Bertz CT molecular complexity index is 1220. The third-order valence-corrected chi connectivity index (χ3v) is 7.01. The van der Waals surface area contributed by atoms with E-state index in [9.17, 15) is 5.11 Å². The molecule has 0 bridgehead atoms. The van der Waals surface area contributed by atoms with Crippen molar-refractivity contribution in [1.29, 1.82) is 0 Å². The number of anilines is 3. The normalized spacial score (nSPS) is 20.0. The second-order valence-corrected chi connectivity index (χ2v) is 9.77. The molecule has 3 aromatic rings. The standard InChI is InChI=1S/C23H26Cl2N6O2/c1-23(32)3-5-30(6-4-23)20-10-18-15(9-17(20)24)11-26-22(28-18)29-19-12-27-31(21(19)25)16-7-14(8-16)13-33-2/h7,9-12,14,32H,3-6,8,13H2,1-2H3,(H,26,28,29). The molecule has 1 aliphatic carbocycles. The highest BCUT2D eigenvalue weighted by Crippen LogP contribution is 2.36. The van der Waals surface area contributed by atoms with Gasteiger partial charge in [-0.2, -0.15) is 5.10 Å². The van der Waals surface area contributed by atoms with Crippen LogP contribution in [-0.4, -0.2) is 57.3 Å². The number of piperidine rings is 1. The number of methoxy groups -OCH3 is 1. The van der Waals surface area contributed by atoms with Gasteiger partial charge in [0.1, 0.15) is 0 Å². The highest BCUT2D eigenvalue weighted by atomic mass is 35.5. The Labute approximate surface area is 202 Å². The number of allylic oxidation sites excluding steroid dienone is 1. The topological polar surface area (TPSA) is 88.3 Å². The van der Waals surface area contributed by atoms with E-state index in [1.807, 2.05) is 19.1 Å². The van der Waals surface area contributed by atoms with Crippen LogP contribution in [0.3, 0.4) is 0 Å². The third-order valence-electron chi connectivity index (χ3n) is 6.34. The van der Waals surface area contributed by atoms with Gasteiger partial charge in [0.05, 0.1) is 40.3 Å². The largest absolute Gasteiger partial charge is 0.390 e. The Hall–Kier alpha value is -2.39. The predicted molar refractivity (Wildman–Crippen MR) is 131 cm³/mol. The lowest BCUT2D eigenvalue weighted by Gasteiger charge is -2.37. The van der Waals surface area contributed by atoms with Crippen LogP contribution < -0.4 is 10.2 Å². The smallest absolute Gasteiger partial charge is 0.227 e. The third kappa shape index (κ3) is 4.53. The van der Waals surface area contributed by atoms with Crippen LogP contribution >= 0.6 is 23.2 Å². The molecule has 1 aliphatic heterocycles. The number of benzene rings is 1. The zero-order valence-electron chi connectivity index (χ0n) is 18.6. The SMILES string of the molecule is COCC1C=C(n2ncc(Nc3ncc4cc(Cl)c(N5CCC(C)(O)CC5)cc4n3)c2Cl)C1. The van der Waals surface area contributed by atoms with Gasteiger partial charge < -0.3 is 20.1 Å². The number of rotatable bonds is 6. The maximum atomic E-state index is 10.3. The van der Waals surface area contributed by atoms with Crippen molar-refractivity contribution in [2.45, 2.75) is 31.8 Å². The monoisotopic (exact) mass is 488 g/mol. The summed E-state index contributed by atoms with van der Waals surface area (Å²) in [7, 11) is 1.70. The first-order valence-electron chi connectivity index (χ1n) is 11.0. The molecule has 33 heavy (non-hydrogen) atoms. The maximum Gasteiger partial charge on any atom is 0.227 e. The van der Waals surface area contributed by atoms with Crippen molar-refractivity contribution < 1.29 is 9.84 Å². The van der Waals surface area contributed by atoms with Crippen molar-refractivity contribution in [2.24, 2.45) is 5.92 Å². The Morgan fingerprint density at radius 3 is 2.73 bits per heavy atom. The minimum absolute atomic E-state index is 0.401. The van der Waals surface area contributed by atoms with Crippen LogP contribution in [0.25, 0.3) is 16.6 Å². The lowest BCUT2D eigenvalue weighted by molar-refractivity contribution is 0.0351. The minimum Gasteiger partial charge on any atom is -0.390 e. The Balaban J connectivity index is 1.37. The lowest BCUT2D eigenvalue weighted by atomic mass is 9.92. The summed E-state index contributed by atoms with van der Waals surface area (Å²) in [5.74, 6) is 0.830. The molecule has 5 rings (SSSR count). The van der Waals surface area contributed by atoms with Gasteiger partial charge in [0.15, 0.2) is 5.15 Å². The van der Waals surface area contributed by atoms with E-state index >= 15 is 0 Å². The summed E-state index contributed by atoms with van der Waals surface area (Å²) >= 11 is 13.1. The van der Waals surface area contributed by atoms with Crippen molar-refractivity contribution in [3.63, 3.8) is 0 Å². The van der Waals surface area contributed by atoms with E-state index in [4.69, 9.17) is 27.9 Å². The second kappa shape index (κ2) is 8.76. The van der Waals surface area contributed by atoms with Crippen LogP contribution in [0.5, 0.6) is 0 Å². The van der Waals surface area contributed by atoms with E-state index in [-0.39, 0.29) is 0 Å². The molecule has 1 unspecified atom stereocenters. The first-order valence-corrected chi connectivity index (χ1v) is 11.7. The summed E-state index contributed by atoms with van der Waals surface area (Å²) in [6.45, 7) is 4.06. The molecule has 0 radical (unpaired) electrons. The zero-order chi connectivity index (χ0) is 23.2. The van der Waals surface area contributed by atoms with E-state index in [1.165, 1.54) is 0 Å². The van der Waals surface area contributed by atoms with Gasteiger partial charge in [0, 0.05) is 43.4 Å². The molecule has 0 saturated carbocycles. The van der Waals surface area contributed by atoms with Crippen LogP contribution in [0, 0.1) is 5.92 Å². The molecule has 2 aromatic heterocycles. The molecule has 1 fully saturated rings. The van der Waals surface area contributed by atoms with Crippen LogP contribution in [-0.2, 0) is 4.74 Å². The molecule has 174 valence electrons. The molecule has 0 spiro atoms. The fourth-order valence-corrected chi connectivity index (χ4v) is 4.84. The van der Waals surface area contributed by atoms with E-state index in [1.54, 1.807) is 24.2 Å². The molecule has 1 aromatic carbocycles. The highest BCUT2D eigenvalue weighted by molar-refractivity contribution is 6.34. The summed E-state index contributed by atoms with van der Waals surface area (Å²) in [5, 5.41) is 19.8. The number of aromatic nitrogens is 4. The van der Waals surface area contributed by atoms with Gasteiger partial charge in [-0.25, -0.2) is 14.6 Å². The average molecular weight is 489 g/mol. The second-order valence-electron chi connectivity index (χ2n) is 9.00. The summed E-state index contributed by atoms with van der Waals surface area (Å²) in [5.41, 5.74) is 2.76. The van der Waals surface area contributed by atoms with Gasteiger partial charge >= 0.3 is 0 Å². The van der Waals surface area contributed by atoms with Gasteiger partial charge in [-0.1, -0.05) is 29.3 Å². The molecular formula is C23H26Cl2N6O2. The van der Waals surface area contributed by atoms with Crippen molar-refractivity contribution in [3.8, 4) is 0 Å². The number of hydrogen-bond donors (Lipinski definition) is 2. The van der Waals surface area contributed by atoms with Gasteiger partial charge in [0.2, 0.25) is 5.95 Å². The fourth-order valence-electron chi connectivity index (χ4n) is 4.30. The summed E-state index contributed by atoms with van der Waals surface area (Å²) in [4.78, 5) is 11.3. The van der Waals surface area contributed by atoms with Crippen LogP contribution in [0.1, 0.15) is 26.2 Å². The summed E-state index contributed by atoms with van der Waals surface area (Å²) in [6.07, 6.45) is 7.80. The number of fused-ring (bicyclic) bond motifs is 1. The number of aliphatic hydroxyl groups is 1. The van der Waals surface area contributed by atoms with Gasteiger partial charge in [0.25, 0.3) is 0 Å². The number of nitrogens with one attached hydrogen (secondary N) is 1. The summed E-state index contributed by atoms with van der Waals surface area (Å²) in [6, 6.07) is 3.86. The maximum absolute atomic E-state index is 10.3. The first kappa shape index (κ1) is 22.4. The molecule has 10 heteroatoms. The van der Waals surface area contributed by atoms with Crippen molar-refractivity contribution in [3.05, 3.63) is 40.8 Å². The van der Waals surface area contributed by atoms with Crippen LogP contribution in [0.2, 0.25) is 10.2 Å². The predicted octanol–water partition coefficient (Wildman–Crippen LogP) is 4.74. The molecule has 3 heterocycles. The zero-order valence-corrected chi connectivity index (χ0v) is 20.1. The van der Waals surface area contributed by atoms with Gasteiger partial charge in [-0.15, -0.1) is 0 Å². The van der Waals surface area contributed by atoms with E-state index in [0.717, 1.165) is 41.8 Å². The first-order chi connectivity index (χ1) is 15.8.